The van der Waals surface area contributed by atoms with Gasteiger partial charge in [-0.05, 0) is 24.2 Å². The van der Waals surface area contributed by atoms with Crippen molar-refractivity contribution in [2.45, 2.75) is 45.5 Å². The van der Waals surface area contributed by atoms with Crippen molar-refractivity contribution in [3.8, 4) is 0 Å². The third-order valence-electron chi connectivity index (χ3n) is 3.47. The van der Waals surface area contributed by atoms with E-state index >= 15 is 0 Å². The van der Waals surface area contributed by atoms with Crippen molar-refractivity contribution in [1.82, 2.24) is 9.97 Å². The van der Waals surface area contributed by atoms with Gasteiger partial charge in [-0.1, -0.05) is 20.8 Å². The standard InChI is InChI=1S/C13H22N2O3Si/c1-13(2,3)19(5,6)18-9-10-7-8-14-11(15-10)12(16)17-4/h7-8H,9H2,1-6H3. The minimum absolute atomic E-state index is 0.0684. The topological polar surface area (TPSA) is 61.3 Å². The molecule has 0 unspecified atom stereocenters. The number of esters is 1. The van der Waals surface area contributed by atoms with Crippen LogP contribution in [0.3, 0.4) is 0 Å². The minimum atomic E-state index is -1.82. The van der Waals surface area contributed by atoms with E-state index in [0.717, 1.165) is 0 Å². The third-order valence-corrected chi connectivity index (χ3v) is 7.95. The molecule has 1 rings (SSSR count). The second kappa shape index (κ2) is 5.79. The highest BCUT2D eigenvalue weighted by molar-refractivity contribution is 6.74. The number of aromatic nitrogens is 2. The molecule has 0 aliphatic rings. The number of ether oxygens (including phenoxy) is 1. The van der Waals surface area contributed by atoms with Crippen molar-refractivity contribution < 1.29 is 14.0 Å². The molecule has 0 atom stereocenters. The molecule has 106 valence electrons. The van der Waals surface area contributed by atoms with Crippen LogP contribution in [0.4, 0.5) is 0 Å². The third kappa shape index (κ3) is 4.11. The quantitative estimate of drug-likeness (QED) is 0.627. The zero-order chi connectivity index (χ0) is 14.7. The lowest BCUT2D eigenvalue weighted by Crippen LogP contribution is -2.40. The van der Waals surface area contributed by atoms with Gasteiger partial charge in [0.05, 0.1) is 19.4 Å². The second-order valence-electron chi connectivity index (χ2n) is 5.91. The predicted octanol–water partition coefficient (Wildman–Crippen LogP) is 2.79. The van der Waals surface area contributed by atoms with Gasteiger partial charge in [-0.3, -0.25) is 0 Å². The van der Waals surface area contributed by atoms with Crippen LogP contribution in [0.1, 0.15) is 37.1 Å². The molecule has 0 saturated carbocycles. The van der Waals surface area contributed by atoms with Crippen molar-refractivity contribution in [2.24, 2.45) is 0 Å². The van der Waals surface area contributed by atoms with E-state index in [0.29, 0.717) is 12.3 Å². The summed E-state index contributed by atoms with van der Waals surface area (Å²) in [4.78, 5) is 19.4. The monoisotopic (exact) mass is 282 g/mol. The van der Waals surface area contributed by atoms with Gasteiger partial charge < -0.3 is 9.16 Å². The molecule has 0 radical (unpaired) electrons. The summed E-state index contributed by atoms with van der Waals surface area (Å²) in [6.45, 7) is 11.3. The van der Waals surface area contributed by atoms with E-state index in [4.69, 9.17) is 4.43 Å². The van der Waals surface area contributed by atoms with Crippen LogP contribution in [0.2, 0.25) is 18.1 Å². The van der Waals surface area contributed by atoms with Crippen LogP contribution in [0.5, 0.6) is 0 Å². The summed E-state index contributed by atoms with van der Waals surface area (Å²) in [5.41, 5.74) is 0.695. The normalized spacial score (nSPS) is 12.3. The molecule has 0 spiro atoms. The highest BCUT2D eigenvalue weighted by atomic mass is 28.4. The maximum absolute atomic E-state index is 11.3. The van der Waals surface area contributed by atoms with E-state index < -0.39 is 14.3 Å². The lowest BCUT2D eigenvalue weighted by molar-refractivity contribution is 0.0586. The number of nitrogens with zero attached hydrogens (tertiary/aromatic N) is 2. The molecule has 0 aromatic carbocycles. The first-order valence-electron chi connectivity index (χ1n) is 6.21. The minimum Gasteiger partial charge on any atom is -0.463 e. The Bertz CT molecular complexity index is 455. The summed E-state index contributed by atoms with van der Waals surface area (Å²) >= 11 is 0. The molecule has 0 amide bonds. The van der Waals surface area contributed by atoms with Crippen molar-refractivity contribution in [2.75, 3.05) is 7.11 Å². The Balaban J connectivity index is 2.76. The largest absolute Gasteiger partial charge is 0.463 e. The number of methoxy groups -OCH3 is 1. The van der Waals surface area contributed by atoms with E-state index in [2.05, 4.69) is 48.6 Å². The molecule has 1 aromatic rings. The maximum atomic E-state index is 11.3. The van der Waals surface area contributed by atoms with E-state index in [9.17, 15) is 4.79 Å². The summed E-state index contributed by atoms with van der Waals surface area (Å²) in [5.74, 6) is -0.465. The molecule has 0 aliphatic heterocycles. The number of carbonyl (C=O) groups is 1. The lowest BCUT2D eigenvalue weighted by Gasteiger charge is -2.36. The molecule has 1 heterocycles. The first kappa shape index (κ1) is 15.8. The van der Waals surface area contributed by atoms with Crippen molar-refractivity contribution >= 4 is 14.3 Å². The fourth-order valence-corrected chi connectivity index (χ4v) is 2.08. The average molecular weight is 282 g/mol. The molecule has 0 aliphatic carbocycles. The van der Waals surface area contributed by atoms with Gasteiger partial charge in [0.15, 0.2) is 8.32 Å². The van der Waals surface area contributed by atoms with Crippen molar-refractivity contribution in [1.29, 1.82) is 0 Å². The van der Waals surface area contributed by atoms with Crippen LogP contribution >= 0.6 is 0 Å². The van der Waals surface area contributed by atoms with E-state index in [1.54, 1.807) is 12.3 Å². The van der Waals surface area contributed by atoms with Crippen LogP contribution in [0.15, 0.2) is 12.3 Å². The van der Waals surface area contributed by atoms with Crippen LogP contribution < -0.4 is 0 Å². The van der Waals surface area contributed by atoms with Crippen molar-refractivity contribution in [3.63, 3.8) is 0 Å². The fourth-order valence-electron chi connectivity index (χ4n) is 1.14. The summed E-state index contributed by atoms with van der Waals surface area (Å²) in [7, 11) is -0.507. The number of rotatable bonds is 4. The Morgan fingerprint density at radius 1 is 1.37 bits per heavy atom. The van der Waals surface area contributed by atoms with Crippen LogP contribution in [-0.4, -0.2) is 31.4 Å². The van der Waals surface area contributed by atoms with E-state index in [1.807, 2.05) is 0 Å². The first-order valence-corrected chi connectivity index (χ1v) is 9.12. The number of carbonyl (C=O) groups excluding carboxylic acids is 1. The van der Waals surface area contributed by atoms with Crippen molar-refractivity contribution in [3.05, 3.63) is 23.8 Å². The molecule has 0 saturated heterocycles. The Labute approximate surface area is 115 Å². The number of hydrogen-bond donors (Lipinski definition) is 0. The molecule has 1 aromatic heterocycles. The average Bonchev–Trinajstić information content (AvgIpc) is 2.34. The summed E-state index contributed by atoms with van der Waals surface area (Å²) < 4.78 is 10.6. The lowest BCUT2D eigenvalue weighted by atomic mass is 10.2. The summed E-state index contributed by atoms with van der Waals surface area (Å²) in [5, 5.41) is 0.144. The Kier molecular flexibility index (Phi) is 4.81. The van der Waals surface area contributed by atoms with Gasteiger partial charge in [-0.2, -0.15) is 0 Å². The molecular weight excluding hydrogens is 260 g/mol. The zero-order valence-corrected chi connectivity index (χ0v) is 13.5. The Morgan fingerprint density at radius 3 is 2.53 bits per heavy atom. The zero-order valence-electron chi connectivity index (χ0n) is 12.5. The van der Waals surface area contributed by atoms with Crippen LogP contribution in [0.25, 0.3) is 0 Å². The van der Waals surface area contributed by atoms with Crippen LogP contribution in [-0.2, 0) is 15.8 Å². The highest BCUT2D eigenvalue weighted by Gasteiger charge is 2.37. The van der Waals surface area contributed by atoms with Gasteiger partial charge in [0.25, 0.3) is 0 Å². The molecule has 5 nitrogen and oxygen atoms in total. The first-order chi connectivity index (χ1) is 8.67. The summed E-state index contributed by atoms with van der Waals surface area (Å²) in [6.07, 6.45) is 1.55. The second-order valence-corrected chi connectivity index (χ2v) is 10.7. The molecule has 0 fully saturated rings. The molecular formula is C13H22N2O3Si. The SMILES string of the molecule is COC(=O)c1nccc(CO[Si](C)(C)C(C)(C)C)n1. The fraction of sp³-hybridized carbons (Fsp3) is 0.615. The van der Waals surface area contributed by atoms with Crippen LogP contribution in [0, 0.1) is 0 Å². The van der Waals surface area contributed by atoms with Gasteiger partial charge in [-0.15, -0.1) is 0 Å². The Morgan fingerprint density at radius 2 is 2.00 bits per heavy atom. The predicted molar refractivity (Wildman–Crippen MR) is 75.4 cm³/mol. The van der Waals surface area contributed by atoms with Gasteiger partial charge in [0.2, 0.25) is 5.82 Å². The van der Waals surface area contributed by atoms with Gasteiger partial charge in [0, 0.05) is 6.20 Å². The maximum Gasteiger partial charge on any atom is 0.376 e. The molecule has 19 heavy (non-hydrogen) atoms. The molecule has 0 N–H and O–H groups in total. The van der Waals surface area contributed by atoms with Gasteiger partial charge >= 0.3 is 5.97 Å². The smallest absolute Gasteiger partial charge is 0.376 e. The van der Waals surface area contributed by atoms with Gasteiger partial charge in [-0.25, -0.2) is 14.8 Å². The number of hydrogen-bond acceptors (Lipinski definition) is 5. The van der Waals surface area contributed by atoms with E-state index in [-0.39, 0.29) is 10.9 Å². The summed E-state index contributed by atoms with van der Waals surface area (Å²) in [6, 6.07) is 1.75. The molecule has 6 heteroatoms. The van der Waals surface area contributed by atoms with E-state index in [1.165, 1.54) is 7.11 Å². The highest BCUT2D eigenvalue weighted by Crippen LogP contribution is 2.36. The Hall–Kier alpha value is -1.27. The van der Waals surface area contributed by atoms with Gasteiger partial charge in [0.1, 0.15) is 0 Å². The molecule has 0 bridgehead atoms.